The van der Waals surface area contributed by atoms with E-state index >= 15 is 4.39 Å². The van der Waals surface area contributed by atoms with Crippen LogP contribution in [0.4, 0.5) is 41.6 Å². The smallest absolute Gasteiger partial charge is 0.369 e. The highest BCUT2D eigenvalue weighted by atomic mass is 79.9. The minimum absolute atomic E-state index is 0.0245. The summed E-state index contributed by atoms with van der Waals surface area (Å²) in [6, 6.07) is 71.0. The molecule has 3 fully saturated rings. The lowest BCUT2D eigenvalue weighted by atomic mass is 9.96. The van der Waals surface area contributed by atoms with Gasteiger partial charge in [-0.2, -0.15) is 15.3 Å². The maximum Gasteiger partial charge on any atom is 0.369 e. The van der Waals surface area contributed by atoms with Gasteiger partial charge < -0.3 is 69.4 Å². The number of benzene rings is 10. The number of aromatic hydroxyl groups is 2. The SMILES string of the molecule is BrB(Br)Br.Cc1cc(C(=O)Nc2cc(C(NCC3CC3)c3ccccc3O)ccc2F)n(-c2cccc(CN)c2)n1.NCCNCCN.[C-]#[N+]c1cccc(-n2nc(C)cc2C(=O)Nc2cc(C(NCC3CC3)c3ccccc3O)ccc2F)c1.[C-]#[N+]c1cccc(-n2nc(C)cc2C(=O)Nc2cc(C(NCC3CC3)c3ccccc3OCc3ccccc3)ccc2F)c1. The van der Waals surface area contributed by atoms with Crippen LogP contribution in [0.15, 0.2) is 249 Å². The van der Waals surface area contributed by atoms with Crippen molar-refractivity contribution in [1.29, 1.82) is 0 Å². The summed E-state index contributed by atoms with van der Waals surface area (Å²) >= 11 is 9.31. The van der Waals surface area contributed by atoms with Gasteiger partial charge in [-0.3, -0.25) is 14.4 Å². The van der Waals surface area contributed by atoms with Gasteiger partial charge in [0.1, 0.15) is 58.4 Å². The van der Waals surface area contributed by atoms with Gasteiger partial charge in [-0.15, -0.1) is 47.3 Å². The average Bonchev–Trinajstić information content (AvgIpc) is 1.56. The molecule has 3 saturated carbocycles. The maximum atomic E-state index is 15.2. The van der Waals surface area contributed by atoms with Crippen molar-refractivity contribution in [3.8, 4) is 34.3 Å². The molecule has 3 aromatic heterocycles. The molecule has 15 N–H and O–H groups in total. The molecule has 3 unspecified atom stereocenters. The average molecular weight is 1930 g/mol. The molecule has 0 radical (unpaired) electrons. The van der Waals surface area contributed by atoms with E-state index in [9.17, 15) is 33.4 Å². The lowest BCUT2D eigenvalue weighted by molar-refractivity contribution is 0.101. The summed E-state index contributed by atoms with van der Waals surface area (Å²) in [6.07, 6.45) is 7.04. The molecular formula is C98H101BBr3F3N18O6. The van der Waals surface area contributed by atoms with Crippen molar-refractivity contribution < 1.29 is 42.5 Å². The highest BCUT2D eigenvalue weighted by molar-refractivity contribution is 9.69. The fraction of sp³-hybridized carbons (Fsp3) is 0.245. The van der Waals surface area contributed by atoms with Gasteiger partial charge in [-0.05, 0) is 234 Å². The van der Waals surface area contributed by atoms with Crippen LogP contribution in [0.5, 0.6) is 17.2 Å². The summed E-state index contributed by atoms with van der Waals surface area (Å²) in [4.78, 5) is 47.1. The first-order valence-electron chi connectivity index (χ1n) is 42.3. The number of carbonyl (C=O) groups is 3. The topological polar surface area (TPSA) is 325 Å². The van der Waals surface area contributed by atoms with Crippen molar-refractivity contribution in [2.24, 2.45) is 35.0 Å². The number of aryl methyl sites for hydroxylation is 3. The van der Waals surface area contributed by atoms with Crippen LogP contribution >= 0.6 is 47.3 Å². The van der Waals surface area contributed by atoms with Gasteiger partial charge in [0.05, 0.1) is 82.5 Å². The van der Waals surface area contributed by atoms with Gasteiger partial charge >= 0.3 is 3.18 Å². The Morgan fingerprint density at radius 2 is 0.791 bits per heavy atom. The Morgan fingerprint density at radius 1 is 0.450 bits per heavy atom. The molecule has 3 atom stereocenters. The van der Waals surface area contributed by atoms with Crippen LogP contribution in [0, 0.1) is 69.1 Å². The zero-order chi connectivity index (χ0) is 91.5. The molecule has 0 aliphatic heterocycles. The second-order valence-corrected chi connectivity index (χ2v) is 37.8. The highest BCUT2D eigenvalue weighted by Crippen LogP contribution is 2.40. The number of para-hydroxylation sites is 3. The summed E-state index contributed by atoms with van der Waals surface area (Å²) < 4.78 is 56.1. The summed E-state index contributed by atoms with van der Waals surface area (Å²) in [5.41, 5.74) is 28.1. The van der Waals surface area contributed by atoms with Crippen LogP contribution in [0.25, 0.3) is 26.8 Å². The van der Waals surface area contributed by atoms with Crippen LogP contribution < -0.4 is 59.2 Å². The predicted molar refractivity (Wildman–Crippen MR) is 513 cm³/mol. The predicted octanol–water partition coefficient (Wildman–Crippen LogP) is 19.2. The van der Waals surface area contributed by atoms with Crippen molar-refractivity contribution in [2.45, 2.75) is 90.6 Å². The Morgan fingerprint density at radius 3 is 1.16 bits per heavy atom. The molecule has 0 spiro atoms. The molecule has 31 heteroatoms. The second-order valence-electron chi connectivity index (χ2n) is 31.3. The summed E-state index contributed by atoms with van der Waals surface area (Å²) in [5, 5.41) is 56.3. The number of rotatable bonds is 32. The molecule has 3 heterocycles. The number of hydrogen-bond acceptors (Lipinski definition) is 16. The Kier molecular flexibility index (Phi) is 34.9. The maximum absolute atomic E-state index is 15.2. The van der Waals surface area contributed by atoms with Crippen molar-refractivity contribution in [1.82, 2.24) is 50.6 Å². The van der Waals surface area contributed by atoms with Crippen LogP contribution in [0.1, 0.15) is 150 Å². The number of halogens is 6. The van der Waals surface area contributed by atoms with E-state index in [4.69, 9.17) is 35.1 Å². The van der Waals surface area contributed by atoms with Gasteiger partial charge in [-0.1, -0.05) is 140 Å². The first kappa shape index (κ1) is 95.7. The van der Waals surface area contributed by atoms with Crippen molar-refractivity contribution in [3.63, 3.8) is 0 Å². The third-order valence-electron chi connectivity index (χ3n) is 21.2. The first-order valence-corrected chi connectivity index (χ1v) is 45.1. The van der Waals surface area contributed by atoms with Crippen LogP contribution in [0.2, 0.25) is 0 Å². The molecular weight excluding hydrogens is 1830 g/mol. The van der Waals surface area contributed by atoms with Gasteiger partial charge in [0.15, 0.2) is 11.4 Å². The molecule has 13 aromatic rings. The number of nitrogens with zero attached hydrogens (tertiary/aromatic N) is 8. The van der Waals surface area contributed by atoms with E-state index in [1.165, 1.54) is 57.9 Å². The first-order chi connectivity index (χ1) is 62.5. The quantitative estimate of drug-likeness (QED) is 0.0106. The summed E-state index contributed by atoms with van der Waals surface area (Å²) in [6.45, 7) is 26.2. The van der Waals surface area contributed by atoms with E-state index in [1.54, 1.807) is 148 Å². The van der Waals surface area contributed by atoms with Gasteiger partial charge in [-0.25, -0.2) is 36.9 Å². The van der Waals surface area contributed by atoms with E-state index in [-0.39, 0.29) is 67.0 Å². The van der Waals surface area contributed by atoms with E-state index in [0.29, 0.717) is 106 Å². The zero-order valence-corrected chi connectivity index (χ0v) is 76.2. The number of phenols is 2. The number of carbonyl (C=O) groups excluding carboxylic acids is 3. The van der Waals surface area contributed by atoms with Gasteiger partial charge in [0, 0.05) is 49.4 Å². The standard InChI is InChI=1S/C36H32FN5O2.C29H26FN5O2.C29H30FN5O2.C4H13N3.BBr3/c1-24-19-33(42(41-24)29-12-8-11-28(21-29)38-2)36(43)40-32-20-27(17-18-31(32)37)35(39-22-25-15-16-25)30-13-6-7-14-34(30)44-23-26-9-4-3-5-10-26;1-18-14-26(35(34-18)22-7-5-6-21(16-22)31-2)29(37)33-25-15-20(12-13-24(25)30)28(32-17-19-10-11-19)23-8-3-4-9-27(23)36;1-18-13-26(35(34-18)22-6-4-5-20(14-22)16-31)29(37)33-25-15-21(11-12-24(25)30)28(32-17-19-9-10-19)23-7-2-3-8-27(23)36;5-1-3-7-4-2-6;2-1(3)4/h3-14,17-21,25,35,39H,15-16,22-23H2,1H3,(H,40,43);3-9,12-16,19,28,32,36H,10-11,17H2,1H3,(H,33,37);2-8,11-15,19,28,32,36H,9-10,16-17,31H2,1H3,(H,33,37);7H,1-6H2;. The molecule has 0 bridgehead atoms. The van der Waals surface area contributed by atoms with Crippen molar-refractivity contribution >= 4 is 96.6 Å². The molecule has 0 saturated heterocycles. The molecule has 3 aliphatic rings. The van der Waals surface area contributed by atoms with Crippen LogP contribution in [-0.4, -0.2) is 106 Å². The monoisotopic (exact) mass is 1930 g/mol. The van der Waals surface area contributed by atoms with Crippen LogP contribution in [0.3, 0.4) is 0 Å². The second kappa shape index (κ2) is 47.1. The molecule has 3 amide bonds. The minimum atomic E-state index is -0.576. The van der Waals surface area contributed by atoms with Gasteiger partial charge in [0.2, 0.25) is 0 Å². The number of ether oxygens (including phenoxy) is 1. The Labute approximate surface area is 773 Å². The number of phenolic OH excluding ortho intramolecular Hbond substituents is 2. The number of anilines is 3. The Hall–Kier alpha value is -12.4. The number of hydrogen-bond donors (Lipinski definition) is 12. The number of amides is 3. The van der Waals surface area contributed by atoms with Crippen molar-refractivity contribution in [3.05, 3.63) is 368 Å². The van der Waals surface area contributed by atoms with Gasteiger partial charge in [0.25, 0.3) is 17.7 Å². The summed E-state index contributed by atoms with van der Waals surface area (Å²) in [5.74, 6) is -0.354. The van der Waals surface area contributed by atoms with Crippen molar-refractivity contribution in [2.75, 3.05) is 61.8 Å². The third-order valence-corrected chi connectivity index (χ3v) is 21.2. The molecule has 664 valence electrons. The van der Waals surface area contributed by atoms with E-state index in [0.717, 1.165) is 79.1 Å². The lowest BCUT2D eigenvalue weighted by Gasteiger charge is -2.23. The molecule has 129 heavy (non-hydrogen) atoms. The zero-order valence-electron chi connectivity index (χ0n) is 71.4. The highest BCUT2D eigenvalue weighted by Gasteiger charge is 2.31. The Bertz CT molecular complexity index is 6070. The number of nitrogens with two attached hydrogens (primary N) is 3. The summed E-state index contributed by atoms with van der Waals surface area (Å²) in [7, 11) is 0. The molecule has 24 nitrogen and oxygen atoms in total. The Balaban J connectivity index is 0.000000166. The third kappa shape index (κ3) is 27.6. The largest absolute Gasteiger partial charge is 0.508 e. The fourth-order valence-electron chi connectivity index (χ4n) is 14.2. The number of nitrogens with one attached hydrogen (secondary N) is 7. The van der Waals surface area contributed by atoms with E-state index in [2.05, 4.69) is 109 Å². The molecule has 3 aliphatic carbocycles. The molecule has 10 aromatic carbocycles. The normalized spacial score (nSPS) is 13.1. The molecule has 16 rings (SSSR count). The lowest BCUT2D eigenvalue weighted by Crippen LogP contribution is -2.27. The van der Waals surface area contributed by atoms with E-state index in [1.807, 2.05) is 103 Å². The minimum Gasteiger partial charge on any atom is -0.508 e. The number of aromatic nitrogens is 6. The fourth-order valence-corrected chi connectivity index (χ4v) is 14.2. The van der Waals surface area contributed by atoms with Crippen LogP contribution in [-0.2, 0) is 13.2 Å². The van der Waals surface area contributed by atoms with E-state index < -0.39 is 35.2 Å².